The van der Waals surface area contributed by atoms with Crippen LogP contribution >= 0.6 is 0 Å². The summed E-state index contributed by atoms with van der Waals surface area (Å²) in [5, 5.41) is 2.85. The summed E-state index contributed by atoms with van der Waals surface area (Å²) in [5.41, 5.74) is 3.53. The van der Waals surface area contributed by atoms with Crippen molar-refractivity contribution in [3.05, 3.63) is 144 Å². The molecule has 0 aliphatic carbocycles. The van der Waals surface area contributed by atoms with Crippen molar-refractivity contribution in [1.82, 2.24) is 4.98 Å². The number of Topliss-reactive ketones (excluding diaryl/α,β-unsaturated/α-hetero) is 2. The smallest absolute Gasteiger partial charge is 0.163 e. The summed E-state index contributed by atoms with van der Waals surface area (Å²) in [6.45, 7) is 0. The van der Waals surface area contributed by atoms with E-state index in [1.54, 1.807) is 30.3 Å². The fourth-order valence-electron chi connectivity index (χ4n) is 5.54. The molecule has 1 aromatic heterocycles. The number of rotatable bonds is 9. The first-order valence-electron chi connectivity index (χ1n) is 13.8. The highest BCUT2D eigenvalue weighted by molar-refractivity contribution is 6.06. The maximum absolute atomic E-state index is 14.7. The lowest BCUT2D eigenvalue weighted by Gasteiger charge is -2.22. The minimum absolute atomic E-state index is 0.0774. The number of ketones is 2. The Morgan fingerprint density at radius 3 is 1.95 bits per heavy atom. The minimum atomic E-state index is -0.531. The van der Waals surface area contributed by atoms with Crippen molar-refractivity contribution in [2.45, 2.75) is 18.8 Å². The third kappa shape index (κ3) is 5.41. The third-order valence-corrected chi connectivity index (χ3v) is 7.65. The van der Waals surface area contributed by atoms with Gasteiger partial charge >= 0.3 is 0 Å². The molecule has 5 aromatic carbocycles. The summed E-state index contributed by atoms with van der Waals surface area (Å²) in [7, 11) is 1.53. The SMILES string of the molecule is COc1ccc(F)cc1-c1nc2c(ccc3ccccc32)cc1C(CC(=O)c1ccccc1)CC(=O)c1ccccc1. The number of pyridine rings is 1. The highest BCUT2D eigenvalue weighted by atomic mass is 19.1. The first-order chi connectivity index (χ1) is 20.5. The van der Waals surface area contributed by atoms with Gasteiger partial charge < -0.3 is 4.74 Å². The molecule has 1 heterocycles. The van der Waals surface area contributed by atoms with Gasteiger partial charge in [0.1, 0.15) is 11.6 Å². The molecule has 0 N–H and O–H groups in total. The number of hydrogen-bond acceptors (Lipinski definition) is 4. The van der Waals surface area contributed by atoms with E-state index in [0.29, 0.717) is 33.7 Å². The summed E-state index contributed by atoms with van der Waals surface area (Å²) < 4.78 is 20.4. The van der Waals surface area contributed by atoms with E-state index in [-0.39, 0.29) is 24.4 Å². The number of nitrogens with zero attached hydrogens (tertiary/aromatic N) is 1. The molecule has 42 heavy (non-hydrogen) atoms. The zero-order valence-corrected chi connectivity index (χ0v) is 23.1. The molecule has 0 amide bonds. The number of halogens is 1. The highest BCUT2D eigenvalue weighted by Gasteiger charge is 2.27. The molecule has 0 saturated carbocycles. The van der Waals surface area contributed by atoms with Crippen LogP contribution in [-0.2, 0) is 0 Å². The van der Waals surface area contributed by atoms with Crippen molar-refractivity contribution in [3.63, 3.8) is 0 Å². The van der Waals surface area contributed by atoms with E-state index in [1.807, 2.05) is 78.9 Å². The number of ether oxygens (including phenoxy) is 1. The molecule has 0 radical (unpaired) electrons. The van der Waals surface area contributed by atoms with Crippen molar-refractivity contribution < 1.29 is 18.7 Å². The molecule has 0 fully saturated rings. The van der Waals surface area contributed by atoms with Crippen molar-refractivity contribution in [1.29, 1.82) is 0 Å². The molecule has 0 bridgehead atoms. The summed E-state index contributed by atoms with van der Waals surface area (Å²) in [6, 6.07) is 36.4. The third-order valence-electron chi connectivity index (χ3n) is 7.65. The minimum Gasteiger partial charge on any atom is -0.496 e. The molecule has 6 aromatic rings. The molecule has 0 aliphatic heterocycles. The van der Waals surface area contributed by atoms with Crippen molar-refractivity contribution in [2.24, 2.45) is 0 Å². The number of aromatic nitrogens is 1. The standard InChI is InChI=1S/C37H28FNO3/c1-42-35-19-18-29(38)23-32(35)37-31(20-27-17-16-24-10-8-9-15-30(24)36(27)39-37)28(21-33(40)25-11-4-2-5-12-25)22-34(41)26-13-6-3-7-14-26/h2-20,23,28H,21-22H2,1H3. The summed E-state index contributed by atoms with van der Waals surface area (Å²) in [4.78, 5) is 32.3. The Labute approximate surface area is 243 Å². The fourth-order valence-corrected chi connectivity index (χ4v) is 5.54. The molecule has 6 rings (SSSR count). The molecule has 206 valence electrons. The second-order valence-corrected chi connectivity index (χ2v) is 10.3. The molecule has 0 atom stereocenters. The van der Waals surface area contributed by atoms with Gasteiger partial charge in [-0.1, -0.05) is 97.1 Å². The van der Waals surface area contributed by atoms with Crippen LogP contribution in [0.25, 0.3) is 32.9 Å². The second-order valence-electron chi connectivity index (χ2n) is 10.3. The molecule has 0 unspecified atom stereocenters. The van der Waals surface area contributed by atoms with Crippen molar-refractivity contribution >= 4 is 33.2 Å². The van der Waals surface area contributed by atoms with Crippen LogP contribution in [0.5, 0.6) is 5.75 Å². The molecular weight excluding hydrogens is 525 g/mol. The van der Waals surface area contributed by atoms with Crippen molar-refractivity contribution in [2.75, 3.05) is 7.11 Å². The van der Waals surface area contributed by atoms with E-state index >= 15 is 0 Å². The van der Waals surface area contributed by atoms with Crippen molar-refractivity contribution in [3.8, 4) is 17.0 Å². The molecule has 4 nitrogen and oxygen atoms in total. The van der Waals surface area contributed by atoms with Crippen LogP contribution in [0.15, 0.2) is 121 Å². The molecule has 0 aliphatic rings. The average molecular weight is 554 g/mol. The van der Waals surface area contributed by atoms with Gasteiger partial charge in [-0.3, -0.25) is 9.59 Å². The van der Waals surface area contributed by atoms with Gasteiger partial charge in [0.2, 0.25) is 0 Å². The first kappa shape index (κ1) is 27.0. The van der Waals surface area contributed by atoms with Gasteiger partial charge in [-0.05, 0) is 35.2 Å². The molecule has 0 spiro atoms. The second kappa shape index (κ2) is 11.8. The quantitative estimate of drug-likeness (QED) is 0.133. The number of fused-ring (bicyclic) bond motifs is 3. The lowest BCUT2D eigenvalue weighted by atomic mass is 9.83. The van der Waals surface area contributed by atoms with E-state index in [9.17, 15) is 14.0 Å². The predicted molar refractivity (Wildman–Crippen MR) is 165 cm³/mol. The number of benzene rings is 5. The number of carbonyl (C=O) groups is 2. The summed E-state index contributed by atoms with van der Waals surface area (Å²) >= 11 is 0. The average Bonchev–Trinajstić information content (AvgIpc) is 3.04. The van der Waals surface area contributed by atoms with Gasteiger partial charge in [0.15, 0.2) is 11.6 Å². The Morgan fingerprint density at radius 2 is 1.31 bits per heavy atom. The summed E-state index contributed by atoms with van der Waals surface area (Å²) in [5.74, 6) is -0.688. The number of carbonyl (C=O) groups excluding carboxylic acids is 2. The number of hydrogen-bond donors (Lipinski definition) is 0. The van der Waals surface area contributed by atoms with Gasteiger partial charge in [-0.15, -0.1) is 0 Å². The van der Waals surface area contributed by atoms with E-state index in [4.69, 9.17) is 9.72 Å². The van der Waals surface area contributed by atoms with Gasteiger partial charge in [-0.2, -0.15) is 0 Å². The van der Waals surface area contributed by atoms with E-state index in [0.717, 1.165) is 21.7 Å². The Bertz CT molecular complexity index is 1870. The zero-order chi connectivity index (χ0) is 29.1. The molecule has 0 saturated heterocycles. The van der Waals surface area contributed by atoms with Crippen LogP contribution in [0.2, 0.25) is 0 Å². The Kier molecular flexibility index (Phi) is 7.56. The van der Waals surface area contributed by atoms with E-state index in [1.165, 1.54) is 19.2 Å². The fraction of sp³-hybridized carbons (Fsp3) is 0.108. The van der Waals surface area contributed by atoms with Gasteiger partial charge in [0.25, 0.3) is 0 Å². The van der Waals surface area contributed by atoms with Gasteiger partial charge in [0.05, 0.1) is 18.3 Å². The highest BCUT2D eigenvalue weighted by Crippen LogP contribution is 2.40. The Morgan fingerprint density at radius 1 is 0.714 bits per heavy atom. The molecule has 5 heteroatoms. The first-order valence-corrected chi connectivity index (χ1v) is 13.8. The topological polar surface area (TPSA) is 56.3 Å². The maximum atomic E-state index is 14.7. The Balaban J connectivity index is 1.58. The van der Waals surface area contributed by atoms with Crippen LogP contribution < -0.4 is 4.74 Å². The maximum Gasteiger partial charge on any atom is 0.163 e. The lowest BCUT2D eigenvalue weighted by molar-refractivity contribution is 0.0944. The predicted octanol–water partition coefficient (Wildman–Crippen LogP) is 8.83. The van der Waals surface area contributed by atoms with Gasteiger partial charge in [0, 0.05) is 46.2 Å². The van der Waals surface area contributed by atoms with Crippen LogP contribution in [0, 0.1) is 5.82 Å². The van der Waals surface area contributed by atoms with E-state index in [2.05, 4.69) is 0 Å². The van der Waals surface area contributed by atoms with Crippen LogP contribution in [0.1, 0.15) is 45.0 Å². The van der Waals surface area contributed by atoms with E-state index < -0.39 is 11.7 Å². The van der Waals surface area contributed by atoms with Crippen LogP contribution in [-0.4, -0.2) is 23.7 Å². The monoisotopic (exact) mass is 553 g/mol. The normalized spacial score (nSPS) is 11.2. The van der Waals surface area contributed by atoms with Gasteiger partial charge in [-0.25, -0.2) is 9.37 Å². The zero-order valence-electron chi connectivity index (χ0n) is 23.1. The van der Waals surface area contributed by atoms with Crippen LogP contribution in [0.3, 0.4) is 0 Å². The summed E-state index contributed by atoms with van der Waals surface area (Å²) in [6.07, 6.45) is 0.155. The Hall–Kier alpha value is -5.16. The molecular formula is C37H28FNO3. The number of methoxy groups -OCH3 is 1. The van der Waals surface area contributed by atoms with Crippen LogP contribution in [0.4, 0.5) is 4.39 Å². The largest absolute Gasteiger partial charge is 0.496 e. The lowest BCUT2D eigenvalue weighted by Crippen LogP contribution is -2.14.